The van der Waals surface area contributed by atoms with E-state index in [1.165, 1.54) is 0 Å². The highest BCUT2D eigenvalue weighted by molar-refractivity contribution is 5.96. The number of aromatic amines is 1. The fourth-order valence-corrected chi connectivity index (χ4v) is 4.33. The van der Waals surface area contributed by atoms with Gasteiger partial charge in [-0.1, -0.05) is 6.07 Å². The number of hydrogen-bond acceptors (Lipinski definition) is 6. The van der Waals surface area contributed by atoms with E-state index < -0.39 is 0 Å². The van der Waals surface area contributed by atoms with E-state index in [2.05, 4.69) is 34.1 Å². The molecule has 1 N–H and O–H groups in total. The minimum absolute atomic E-state index is 0.0331. The fourth-order valence-electron chi connectivity index (χ4n) is 4.33. The first-order valence-corrected chi connectivity index (χ1v) is 9.67. The largest absolute Gasteiger partial charge is 0.348 e. The molecule has 3 aliphatic heterocycles. The summed E-state index contributed by atoms with van der Waals surface area (Å²) in [6.45, 7) is 3.42. The highest BCUT2D eigenvalue weighted by Gasteiger charge is 2.42. The van der Waals surface area contributed by atoms with Crippen LogP contribution in [0.2, 0.25) is 0 Å². The average molecular weight is 388 g/mol. The Bertz CT molecular complexity index is 1220. The smallest absolute Gasteiger partial charge is 0.274 e. The quantitative estimate of drug-likeness (QED) is 0.668. The van der Waals surface area contributed by atoms with Crippen molar-refractivity contribution < 1.29 is 4.79 Å². The first kappa shape index (κ1) is 16.3. The van der Waals surface area contributed by atoms with Gasteiger partial charge in [0.1, 0.15) is 18.1 Å². The zero-order valence-electron chi connectivity index (χ0n) is 16.2. The number of carbonyl (C=O) groups excluding carboxylic acids is 1. The number of aryl methyl sites for hydroxylation is 1. The number of H-pyrrole nitrogens is 1. The number of nitrogens with zero attached hydrogens (tertiary/aromatic N) is 7. The van der Waals surface area contributed by atoms with Crippen LogP contribution >= 0.6 is 0 Å². The Balaban J connectivity index is 1.47. The molecule has 3 aliphatic rings. The second-order valence-corrected chi connectivity index (χ2v) is 7.69. The summed E-state index contributed by atoms with van der Waals surface area (Å²) >= 11 is 0. The standard InChI is InChI=1S/C20H20N8O/c1-12-4-3-6-28-15(12)8-14(24-28)18-17-13(21-10-22-17)5-7-27(18)20(29)19-16-9-26(16)11-23-25(19)2/h3-4,6,8,10-11,18H,5,7,9H2,1-2H3,(H,21,22)/t18-,26?/m0/s1. The topological polar surface area (TPSA) is 84.9 Å². The Labute approximate surface area is 166 Å². The number of imidazole rings is 1. The maximum absolute atomic E-state index is 13.7. The fraction of sp³-hybridized carbons (Fsp3) is 0.300. The lowest BCUT2D eigenvalue weighted by molar-refractivity contribution is -0.131. The zero-order chi connectivity index (χ0) is 19.7. The van der Waals surface area contributed by atoms with Crippen LogP contribution in [-0.4, -0.2) is 66.8 Å². The summed E-state index contributed by atoms with van der Waals surface area (Å²) in [7, 11) is 1.82. The van der Waals surface area contributed by atoms with Crippen LogP contribution in [0.1, 0.15) is 28.7 Å². The molecule has 0 spiro atoms. The highest BCUT2D eigenvalue weighted by atomic mass is 16.2. The zero-order valence-corrected chi connectivity index (χ0v) is 16.2. The van der Waals surface area contributed by atoms with Gasteiger partial charge in [0.2, 0.25) is 0 Å². The van der Waals surface area contributed by atoms with Crippen molar-refractivity contribution >= 4 is 17.8 Å². The van der Waals surface area contributed by atoms with E-state index in [0.717, 1.165) is 46.8 Å². The number of aromatic nitrogens is 4. The van der Waals surface area contributed by atoms with Crippen LogP contribution in [0.5, 0.6) is 0 Å². The van der Waals surface area contributed by atoms with Gasteiger partial charge in [0.15, 0.2) is 0 Å². The third kappa shape index (κ3) is 2.33. The first-order valence-electron chi connectivity index (χ1n) is 9.67. The molecule has 0 aliphatic carbocycles. The first-order chi connectivity index (χ1) is 14.1. The number of fused-ring (bicyclic) bond motifs is 3. The van der Waals surface area contributed by atoms with E-state index in [-0.39, 0.29) is 11.9 Å². The number of rotatable bonds is 2. The van der Waals surface area contributed by atoms with Crippen molar-refractivity contribution in [1.82, 2.24) is 34.4 Å². The summed E-state index contributed by atoms with van der Waals surface area (Å²) in [4.78, 5) is 25.3. The Hall–Kier alpha value is -3.62. The van der Waals surface area contributed by atoms with Crippen molar-refractivity contribution in [2.45, 2.75) is 19.4 Å². The van der Waals surface area contributed by atoms with Gasteiger partial charge in [-0.3, -0.25) is 9.80 Å². The molecule has 0 saturated carbocycles. The van der Waals surface area contributed by atoms with Crippen molar-refractivity contribution in [2.75, 3.05) is 20.1 Å². The number of carbonyl (C=O) groups is 1. The molecule has 0 aromatic carbocycles. The molecule has 146 valence electrons. The van der Waals surface area contributed by atoms with Crippen molar-refractivity contribution in [3.05, 3.63) is 64.8 Å². The minimum atomic E-state index is -0.337. The number of amides is 1. The van der Waals surface area contributed by atoms with Gasteiger partial charge >= 0.3 is 0 Å². The molecule has 1 amide bonds. The lowest BCUT2D eigenvalue weighted by atomic mass is 9.99. The summed E-state index contributed by atoms with van der Waals surface area (Å²) < 4.78 is 1.87. The Morgan fingerprint density at radius 3 is 3.10 bits per heavy atom. The summed E-state index contributed by atoms with van der Waals surface area (Å²) in [5, 5.41) is 10.8. The van der Waals surface area contributed by atoms with Gasteiger partial charge in [0, 0.05) is 31.9 Å². The van der Waals surface area contributed by atoms with E-state index in [1.54, 1.807) is 17.7 Å². The minimum Gasteiger partial charge on any atom is -0.348 e. The van der Waals surface area contributed by atoms with Crippen LogP contribution in [-0.2, 0) is 11.2 Å². The third-order valence-electron chi connectivity index (χ3n) is 5.93. The number of hydrazone groups is 1. The van der Waals surface area contributed by atoms with E-state index in [1.807, 2.05) is 33.6 Å². The van der Waals surface area contributed by atoms with Crippen molar-refractivity contribution in [3.8, 4) is 0 Å². The molecule has 1 saturated heterocycles. The summed E-state index contributed by atoms with van der Waals surface area (Å²) in [5.41, 5.74) is 6.58. The third-order valence-corrected chi connectivity index (χ3v) is 5.93. The Kier molecular flexibility index (Phi) is 3.21. The SMILES string of the molecule is Cc1cccn2nc([C@H]3c4nc[nH]c4CCN3C(=O)C3=C4CN4C=NN3C)cc12. The molecule has 6 rings (SSSR count). The molecule has 29 heavy (non-hydrogen) atoms. The Morgan fingerprint density at radius 1 is 1.34 bits per heavy atom. The van der Waals surface area contributed by atoms with Crippen molar-refractivity contribution in [1.29, 1.82) is 0 Å². The monoisotopic (exact) mass is 388 g/mol. The average Bonchev–Trinajstić information content (AvgIpc) is 3.12. The molecule has 3 aromatic heterocycles. The van der Waals surface area contributed by atoms with Gasteiger partial charge < -0.3 is 14.8 Å². The molecule has 3 aromatic rings. The summed E-state index contributed by atoms with van der Waals surface area (Å²) in [6, 6.07) is 5.77. The van der Waals surface area contributed by atoms with Gasteiger partial charge in [-0.15, -0.1) is 0 Å². The number of hydrogen-bond donors (Lipinski definition) is 1. The van der Waals surface area contributed by atoms with Crippen LogP contribution in [0.4, 0.5) is 0 Å². The van der Waals surface area contributed by atoms with Crippen LogP contribution in [0.15, 0.2) is 47.2 Å². The second kappa shape index (κ2) is 5.69. The number of nitrogens with one attached hydrogen (secondary N) is 1. The maximum Gasteiger partial charge on any atom is 0.274 e. The molecule has 0 radical (unpaired) electrons. The van der Waals surface area contributed by atoms with Gasteiger partial charge in [-0.2, -0.15) is 10.2 Å². The van der Waals surface area contributed by atoms with Crippen LogP contribution in [0.3, 0.4) is 0 Å². The van der Waals surface area contributed by atoms with E-state index in [0.29, 0.717) is 12.2 Å². The second-order valence-electron chi connectivity index (χ2n) is 7.69. The van der Waals surface area contributed by atoms with E-state index in [9.17, 15) is 4.79 Å². The maximum atomic E-state index is 13.7. The molecule has 1 atom stereocenters. The molecular weight excluding hydrogens is 368 g/mol. The van der Waals surface area contributed by atoms with Gasteiger partial charge in [-0.25, -0.2) is 9.50 Å². The molecule has 6 heterocycles. The predicted octanol–water partition coefficient (Wildman–Crippen LogP) is 1.26. The number of pyridine rings is 1. The number of likely N-dealkylation sites (N-methyl/N-ethyl adjacent to an activating group) is 1. The van der Waals surface area contributed by atoms with Gasteiger partial charge in [0.25, 0.3) is 5.91 Å². The molecular formula is C20H20N8O. The van der Waals surface area contributed by atoms with Crippen molar-refractivity contribution in [3.63, 3.8) is 0 Å². The van der Waals surface area contributed by atoms with Crippen LogP contribution in [0.25, 0.3) is 5.52 Å². The highest BCUT2D eigenvalue weighted by Crippen LogP contribution is 2.37. The van der Waals surface area contributed by atoms with Gasteiger partial charge in [0.05, 0.1) is 35.5 Å². The lowest BCUT2D eigenvalue weighted by Gasteiger charge is -2.35. The predicted molar refractivity (Wildman–Crippen MR) is 106 cm³/mol. The Morgan fingerprint density at radius 2 is 2.24 bits per heavy atom. The normalized spacial score (nSPS) is 20.3. The van der Waals surface area contributed by atoms with Crippen molar-refractivity contribution in [2.24, 2.45) is 5.10 Å². The lowest BCUT2D eigenvalue weighted by Crippen LogP contribution is -2.44. The van der Waals surface area contributed by atoms with Crippen LogP contribution in [0, 0.1) is 6.92 Å². The molecule has 0 unspecified atom stereocenters. The molecule has 9 nitrogen and oxygen atoms in total. The summed E-state index contributed by atoms with van der Waals surface area (Å²) in [6.07, 6.45) is 6.14. The van der Waals surface area contributed by atoms with Gasteiger partial charge in [-0.05, 0) is 24.6 Å². The molecule has 0 bridgehead atoms. The van der Waals surface area contributed by atoms with E-state index >= 15 is 0 Å². The van der Waals surface area contributed by atoms with Crippen LogP contribution < -0.4 is 0 Å². The summed E-state index contributed by atoms with van der Waals surface area (Å²) in [5.74, 6) is -0.0331. The molecule has 9 heteroatoms. The van der Waals surface area contributed by atoms with E-state index in [4.69, 9.17) is 5.10 Å². The molecule has 1 fully saturated rings.